The van der Waals surface area contributed by atoms with Crippen LogP contribution in [0.4, 0.5) is 5.82 Å². The third-order valence-corrected chi connectivity index (χ3v) is 7.54. The van der Waals surface area contributed by atoms with Crippen LogP contribution in [0.1, 0.15) is 19.6 Å². The number of nitrogens with two attached hydrogens (primary N) is 1. The third-order valence-electron chi connectivity index (χ3n) is 6.41. The Morgan fingerprint density at radius 1 is 1.32 bits per heavy atom. The molecular weight excluding hydrogens is 581 g/mol. The fourth-order valence-corrected chi connectivity index (χ4v) is 5.48. The maximum Gasteiger partial charge on any atom is 0.406 e. The van der Waals surface area contributed by atoms with Gasteiger partial charge in [-0.2, -0.15) is 4.98 Å². The van der Waals surface area contributed by atoms with E-state index >= 15 is 0 Å². The summed E-state index contributed by atoms with van der Waals surface area (Å²) in [6, 6.07) is -0.326. The van der Waals surface area contributed by atoms with Gasteiger partial charge in [-0.05, 0) is 6.07 Å². The number of rotatable bonds is 11. The molecule has 0 saturated carbocycles. The zero-order chi connectivity index (χ0) is 30.9. The van der Waals surface area contributed by atoms with E-state index in [-0.39, 0.29) is 5.82 Å². The maximum absolute atomic E-state index is 12.9. The van der Waals surface area contributed by atoms with Gasteiger partial charge in [-0.15, -0.1) is 0 Å². The number of nitrogens with zero attached hydrogens (tertiary/aromatic N) is 2. The molecule has 21 heteroatoms. The number of carbonyl (C=O) groups is 2. The second-order valence-electron chi connectivity index (χ2n) is 9.44. The maximum atomic E-state index is 12.9. The topological polar surface area (TPSA) is 326 Å². The summed E-state index contributed by atoms with van der Waals surface area (Å²) in [5, 5.41) is 74.8. The average molecular weight is 613 g/mol. The molecule has 2 saturated heterocycles. The molecule has 1 amide bonds. The molecule has 2 unspecified atom stereocenters. The summed E-state index contributed by atoms with van der Waals surface area (Å²) in [4.78, 5) is 49.8. The Balaban J connectivity index is 1.79. The van der Waals surface area contributed by atoms with Crippen molar-refractivity contribution in [3.8, 4) is 0 Å². The van der Waals surface area contributed by atoms with Crippen LogP contribution in [0.2, 0.25) is 0 Å². The van der Waals surface area contributed by atoms with E-state index in [1.165, 1.54) is 6.07 Å². The zero-order valence-electron chi connectivity index (χ0n) is 21.3. The van der Waals surface area contributed by atoms with Crippen molar-refractivity contribution in [1.82, 2.24) is 20.0 Å². The number of aromatic nitrogens is 2. The Morgan fingerprint density at radius 3 is 2.54 bits per heavy atom. The number of hydrogen-bond donors (Lipinski definition) is 11. The summed E-state index contributed by atoms with van der Waals surface area (Å²) in [5.41, 5.74) is 4.49. The van der Waals surface area contributed by atoms with Crippen LogP contribution in [0.25, 0.3) is 0 Å². The molecular formula is C20H32N5O15P. The standard InChI is InChI=1S/C20H32N5O15P/c1-7(27)23-12-8(28)4-20(18(33)34,39-16(12)13(30)9(29)6-26)40-41(36,37)22-5-10-14(31)15(32)17(38-10)25-3-2-11(21)24-19(25)35/h2-3,8-10,12-17,26,28-32H,4-6H2,1H3,(H,23,27)(H,33,34)(H2,21,24,35)(H2,22,36,37)/t8-,9+,10+,12+,13+,14+,15+,16?,17+,20+/m0/s1. The monoisotopic (exact) mass is 613 g/mol. The van der Waals surface area contributed by atoms with Crippen molar-refractivity contribution in [3.63, 3.8) is 0 Å². The molecule has 0 bridgehead atoms. The molecule has 41 heavy (non-hydrogen) atoms. The fraction of sp³-hybridized carbons (Fsp3) is 0.700. The molecule has 3 rings (SSSR count). The van der Waals surface area contributed by atoms with Crippen molar-refractivity contribution in [2.45, 2.75) is 74.1 Å². The molecule has 232 valence electrons. The highest BCUT2D eigenvalue weighted by atomic mass is 31.2. The van der Waals surface area contributed by atoms with Crippen molar-refractivity contribution in [3.05, 3.63) is 22.7 Å². The molecule has 0 aliphatic carbocycles. The average Bonchev–Trinajstić information content (AvgIpc) is 3.16. The molecule has 20 nitrogen and oxygen atoms in total. The predicted molar refractivity (Wildman–Crippen MR) is 130 cm³/mol. The van der Waals surface area contributed by atoms with Gasteiger partial charge in [0.1, 0.15) is 42.4 Å². The first-order valence-corrected chi connectivity index (χ1v) is 13.6. The van der Waals surface area contributed by atoms with E-state index in [1.54, 1.807) is 0 Å². The molecule has 11 atom stereocenters. The van der Waals surface area contributed by atoms with Crippen LogP contribution in [0, 0.1) is 0 Å². The van der Waals surface area contributed by atoms with E-state index in [2.05, 4.69) is 10.3 Å². The number of carbonyl (C=O) groups excluding carboxylic acids is 1. The molecule has 1 aromatic heterocycles. The number of carboxylic acids is 1. The molecule has 0 radical (unpaired) electrons. The lowest BCUT2D eigenvalue weighted by Crippen LogP contribution is -2.67. The van der Waals surface area contributed by atoms with Crippen LogP contribution >= 0.6 is 7.75 Å². The largest absolute Gasteiger partial charge is 0.477 e. The molecule has 2 fully saturated rings. The number of nitrogens with one attached hydrogen (secondary N) is 2. The summed E-state index contributed by atoms with van der Waals surface area (Å²) in [6.45, 7) is -0.775. The van der Waals surface area contributed by atoms with Crippen LogP contribution < -0.4 is 21.8 Å². The van der Waals surface area contributed by atoms with Crippen LogP contribution in [0.15, 0.2) is 17.1 Å². The number of ether oxygens (including phenoxy) is 2. The number of hydrogen-bond acceptors (Lipinski definition) is 15. The van der Waals surface area contributed by atoms with E-state index in [0.717, 1.165) is 17.7 Å². The van der Waals surface area contributed by atoms with E-state index in [0.29, 0.717) is 0 Å². The number of aliphatic hydroxyl groups is 6. The summed E-state index contributed by atoms with van der Waals surface area (Å²) in [5.74, 6) is -6.07. The first-order valence-electron chi connectivity index (χ1n) is 12.0. The van der Waals surface area contributed by atoms with Crippen LogP contribution in [-0.2, 0) is 28.2 Å². The van der Waals surface area contributed by atoms with Gasteiger partial charge in [0.2, 0.25) is 5.91 Å². The number of aliphatic carboxylic acids is 1. The van der Waals surface area contributed by atoms with Crippen molar-refractivity contribution in [1.29, 1.82) is 0 Å². The van der Waals surface area contributed by atoms with E-state index in [4.69, 9.17) is 19.7 Å². The molecule has 3 heterocycles. The van der Waals surface area contributed by atoms with Crippen molar-refractivity contribution < 1.29 is 68.8 Å². The summed E-state index contributed by atoms with van der Waals surface area (Å²) >= 11 is 0. The van der Waals surface area contributed by atoms with Crippen molar-refractivity contribution in [2.75, 3.05) is 18.9 Å². The predicted octanol–water partition coefficient (Wildman–Crippen LogP) is -5.70. The lowest BCUT2D eigenvalue weighted by atomic mass is 9.88. The number of nitrogen functional groups attached to an aromatic ring is 1. The van der Waals surface area contributed by atoms with Crippen LogP contribution in [0.5, 0.6) is 0 Å². The Morgan fingerprint density at radius 2 is 1.98 bits per heavy atom. The van der Waals surface area contributed by atoms with Gasteiger partial charge in [-0.3, -0.25) is 13.9 Å². The second kappa shape index (κ2) is 12.7. The Bertz CT molecular complexity index is 1220. The minimum Gasteiger partial charge on any atom is -0.477 e. The molecule has 12 N–H and O–H groups in total. The van der Waals surface area contributed by atoms with Crippen molar-refractivity contribution in [2.24, 2.45) is 0 Å². The first-order chi connectivity index (χ1) is 19.0. The second-order valence-corrected chi connectivity index (χ2v) is 11.0. The SMILES string of the molecule is CC(=O)N[C@H]1C([C@H](O)[C@H](O)CO)O[C@](OP(=O)(O)NC[C@H]2O[C@@H](n3ccc(N)nc3=O)[C@H](O)[C@@H]2O)(C(=O)O)C[C@@H]1O. The lowest BCUT2D eigenvalue weighted by Gasteiger charge is -2.46. The number of anilines is 1. The van der Waals surface area contributed by atoms with Gasteiger partial charge in [0.15, 0.2) is 6.23 Å². The minimum atomic E-state index is -5.27. The summed E-state index contributed by atoms with van der Waals surface area (Å²) in [6.07, 6.45) is -14.2. The Hall–Kier alpha value is -2.59. The summed E-state index contributed by atoms with van der Waals surface area (Å²) < 4.78 is 29.3. The van der Waals surface area contributed by atoms with E-state index in [1.807, 2.05) is 5.09 Å². The molecule has 2 aliphatic rings. The fourth-order valence-electron chi connectivity index (χ4n) is 4.40. The molecule has 0 spiro atoms. The zero-order valence-corrected chi connectivity index (χ0v) is 22.2. The number of aliphatic hydroxyl groups excluding tert-OH is 6. The normalized spacial score (nSPS) is 34.9. The first kappa shape index (κ1) is 32.9. The van der Waals surface area contributed by atoms with Crippen LogP contribution in [-0.4, -0.2) is 130 Å². The number of amides is 1. The van der Waals surface area contributed by atoms with Gasteiger partial charge in [0, 0.05) is 26.1 Å². The number of carboxylic acid groups (broad SMARTS) is 1. The van der Waals surface area contributed by atoms with Gasteiger partial charge >= 0.3 is 19.4 Å². The molecule has 0 aromatic carbocycles. The van der Waals surface area contributed by atoms with Crippen molar-refractivity contribution >= 4 is 25.4 Å². The Labute approximate surface area is 230 Å². The Kier molecular flexibility index (Phi) is 10.2. The molecule has 1 aromatic rings. The highest BCUT2D eigenvalue weighted by Crippen LogP contribution is 2.47. The highest BCUT2D eigenvalue weighted by molar-refractivity contribution is 7.50. The van der Waals surface area contributed by atoms with Gasteiger partial charge in [-0.1, -0.05) is 0 Å². The molecule has 2 aliphatic heterocycles. The van der Waals surface area contributed by atoms with Gasteiger partial charge in [0.05, 0.1) is 18.8 Å². The summed E-state index contributed by atoms with van der Waals surface area (Å²) in [7, 11) is -5.27. The van der Waals surface area contributed by atoms with Crippen LogP contribution in [0.3, 0.4) is 0 Å². The third kappa shape index (κ3) is 7.25. The van der Waals surface area contributed by atoms with Gasteiger partial charge in [-0.25, -0.2) is 19.2 Å². The lowest BCUT2D eigenvalue weighted by molar-refractivity contribution is -0.286. The van der Waals surface area contributed by atoms with Gasteiger partial charge in [0.25, 0.3) is 5.79 Å². The quantitative estimate of drug-likeness (QED) is 0.104. The van der Waals surface area contributed by atoms with E-state index < -0.39 is 106 Å². The minimum absolute atomic E-state index is 0.123. The smallest absolute Gasteiger partial charge is 0.406 e. The highest BCUT2D eigenvalue weighted by Gasteiger charge is 2.58. The van der Waals surface area contributed by atoms with E-state index in [9.17, 15) is 59.6 Å². The van der Waals surface area contributed by atoms with Gasteiger partial charge < -0.3 is 61.2 Å².